The van der Waals surface area contributed by atoms with E-state index in [0.717, 1.165) is 12.8 Å². The molecule has 1 atom stereocenters. The zero-order valence-corrected chi connectivity index (χ0v) is 10.7. The maximum atomic E-state index is 11.7. The molecule has 0 aromatic rings. The minimum absolute atomic E-state index is 0.0201. The molecule has 17 heavy (non-hydrogen) atoms. The van der Waals surface area contributed by atoms with E-state index in [1.54, 1.807) is 6.92 Å². The van der Waals surface area contributed by atoms with Crippen LogP contribution in [0.25, 0.3) is 0 Å². The van der Waals surface area contributed by atoms with Crippen LogP contribution in [-0.2, 0) is 14.3 Å². The fourth-order valence-electron chi connectivity index (χ4n) is 2.05. The van der Waals surface area contributed by atoms with E-state index in [1.807, 2.05) is 6.92 Å². The van der Waals surface area contributed by atoms with Gasteiger partial charge in [-0.15, -0.1) is 0 Å². The number of hydrogen-bond donors (Lipinski definition) is 2. The molecule has 1 heterocycles. The largest absolute Gasteiger partial charge is 0.465 e. The van der Waals surface area contributed by atoms with Crippen LogP contribution >= 0.6 is 0 Å². The molecular formula is C12H23NO4. The molecule has 1 saturated heterocycles. The van der Waals surface area contributed by atoms with Crippen molar-refractivity contribution in [2.45, 2.75) is 44.7 Å². The highest BCUT2D eigenvalue weighted by molar-refractivity contribution is 5.75. The molecule has 0 bridgehead atoms. The minimum atomic E-state index is -0.397. The Morgan fingerprint density at radius 3 is 2.59 bits per heavy atom. The normalized spacial score (nSPS) is 20.9. The highest BCUT2D eigenvalue weighted by Gasteiger charge is 2.35. The molecule has 0 aromatic heterocycles. The van der Waals surface area contributed by atoms with Crippen LogP contribution in [0, 0.1) is 0 Å². The van der Waals surface area contributed by atoms with Gasteiger partial charge in [0.2, 0.25) is 0 Å². The molecule has 0 spiro atoms. The van der Waals surface area contributed by atoms with Crippen LogP contribution in [-0.4, -0.2) is 49.1 Å². The van der Waals surface area contributed by atoms with Crippen molar-refractivity contribution in [3.05, 3.63) is 0 Å². The van der Waals surface area contributed by atoms with E-state index in [9.17, 15) is 9.90 Å². The van der Waals surface area contributed by atoms with Gasteiger partial charge in [-0.3, -0.25) is 10.1 Å². The molecule has 1 fully saturated rings. The molecular weight excluding hydrogens is 222 g/mol. The van der Waals surface area contributed by atoms with Crippen molar-refractivity contribution in [3.63, 3.8) is 0 Å². The summed E-state index contributed by atoms with van der Waals surface area (Å²) in [5.41, 5.74) is -0.397. The van der Waals surface area contributed by atoms with Gasteiger partial charge >= 0.3 is 5.97 Å². The Kier molecular flexibility index (Phi) is 5.88. The van der Waals surface area contributed by atoms with E-state index < -0.39 is 5.54 Å². The molecule has 0 radical (unpaired) electrons. The van der Waals surface area contributed by atoms with Gasteiger partial charge < -0.3 is 14.6 Å². The van der Waals surface area contributed by atoms with Gasteiger partial charge in [-0.05, 0) is 26.2 Å². The monoisotopic (exact) mass is 245 g/mol. The second-order valence-electron chi connectivity index (χ2n) is 4.41. The lowest BCUT2D eigenvalue weighted by molar-refractivity contribution is -0.147. The number of aliphatic hydroxyl groups excluding tert-OH is 1. The molecule has 5 heteroatoms. The van der Waals surface area contributed by atoms with Crippen molar-refractivity contribution >= 4 is 5.97 Å². The third kappa shape index (κ3) is 3.94. The minimum Gasteiger partial charge on any atom is -0.465 e. The van der Waals surface area contributed by atoms with Gasteiger partial charge in [0.05, 0.1) is 13.2 Å². The smallest absolute Gasteiger partial charge is 0.323 e. The third-order valence-corrected chi connectivity index (χ3v) is 3.21. The first-order valence-electron chi connectivity index (χ1n) is 6.30. The Labute approximate surface area is 102 Å². The molecule has 5 nitrogen and oxygen atoms in total. The fraction of sp³-hybridized carbons (Fsp3) is 0.917. The van der Waals surface area contributed by atoms with Gasteiger partial charge in [-0.1, -0.05) is 6.92 Å². The number of hydrogen-bond acceptors (Lipinski definition) is 5. The molecule has 100 valence electrons. The Bertz CT molecular complexity index is 239. The van der Waals surface area contributed by atoms with Crippen molar-refractivity contribution in [1.82, 2.24) is 5.32 Å². The van der Waals surface area contributed by atoms with Crippen molar-refractivity contribution in [3.8, 4) is 0 Å². The lowest BCUT2D eigenvalue weighted by Crippen LogP contribution is -2.58. The summed E-state index contributed by atoms with van der Waals surface area (Å²) in [6.45, 7) is 5.36. The van der Waals surface area contributed by atoms with E-state index in [2.05, 4.69) is 5.32 Å². The number of rotatable bonds is 6. The highest BCUT2D eigenvalue weighted by atomic mass is 16.5. The number of carbonyl (C=O) groups excluding carboxylic acids is 1. The summed E-state index contributed by atoms with van der Waals surface area (Å²) in [7, 11) is 0. The number of esters is 1. The molecule has 0 aromatic carbocycles. The molecule has 0 amide bonds. The summed E-state index contributed by atoms with van der Waals surface area (Å²) in [5.74, 6) is -0.241. The Hall–Kier alpha value is -0.650. The molecule has 1 unspecified atom stereocenters. The molecule has 0 aliphatic carbocycles. The van der Waals surface area contributed by atoms with Gasteiger partial charge in [0.1, 0.15) is 6.04 Å². The quantitative estimate of drug-likeness (QED) is 0.665. The van der Waals surface area contributed by atoms with E-state index in [0.29, 0.717) is 26.2 Å². The van der Waals surface area contributed by atoms with Crippen LogP contribution < -0.4 is 5.32 Å². The highest BCUT2D eigenvalue weighted by Crippen LogP contribution is 2.21. The van der Waals surface area contributed by atoms with Crippen molar-refractivity contribution in [2.75, 3.05) is 26.4 Å². The van der Waals surface area contributed by atoms with Gasteiger partial charge in [0.15, 0.2) is 0 Å². The van der Waals surface area contributed by atoms with Crippen LogP contribution in [0.2, 0.25) is 0 Å². The average Bonchev–Trinajstić information content (AvgIpc) is 2.37. The van der Waals surface area contributed by atoms with E-state index in [-0.39, 0.29) is 18.6 Å². The zero-order chi connectivity index (χ0) is 12.7. The predicted octanol–water partition coefficient (Wildman–Crippen LogP) is 0.459. The number of ether oxygens (including phenoxy) is 2. The summed E-state index contributed by atoms with van der Waals surface area (Å²) in [6, 6.07) is -0.347. The van der Waals surface area contributed by atoms with Crippen LogP contribution in [0.15, 0.2) is 0 Å². The van der Waals surface area contributed by atoms with Crippen molar-refractivity contribution in [2.24, 2.45) is 0 Å². The second-order valence-corrected chi connectivity index (χ2v) is 4.41. The van der Waals surface area contributed by atoms with Gasteiger partial charge in [-0.25, -0.2) is 0 Å². The summed E-state index contributed by atoms with van der Waals surface area (Å²) >= 11 is 0. The summed E-state index contributed by atoms with van der Waals surface area (Å²) < 4.78 is 10.3. The van der Waals surface area contributed by atoms with Crippen LogP contribution in [0.3, 0.4) is 0 Å². The first-order chi connectivity index (χ1) is 8.17. The Morgan fingerprint density at radius 2 is 2.12 bits per heavy atom. The summed E-state index contributed by atoms with van der Waals surface area (Å²) in [5, 5.41) is 12.8. The standard InChI is InChI=1S/C12H23NO4/c1-3-10(11(15)17-4-2)13-12(9-14)5-7-16-8-6-12/h10,13-14H,3-9H2,1-2H3. The number of nitrogens with one attached hydrogen (secondary N) is 1. The summed E-state index contributed by atoms with van der Waals surface area (Å²) in [4.78, 5) is 11.7. The average molecular weight is 245 g/mol. The van der Waals surface area contributed by atoms with E-state index in [1.165, 1.54) is 0 Å². The van der Waals surface area contributed by atoms with Crippen molar-refractivity contribution < 1.29 is 19.4 Å². The molecule has 1 rings (SSSR count). The SMILES string of the molecule is CCOC(=O)C(CC)NC1(CO)CCOCC1. The molecule has 2 N–H and O–H groups in total. The Morgan fingerprint density at radius 1 is 1.47 bits per heavy atom. The number of carbonyl (C=O) groups is 1. The first kappa shape index (κ1) is 14.4. The summed E-state index contributed by atoms with van der Waals surface area (Å²) in [6.07, 6.45) is 2.10. The predicted molar refractivity (Wildman–Crippen MR) is 63.7 cm³/mol. The molecule has 1 aliphatic heterocycles. The Balaban J connectivity index is 2.60. The van der Waals surface area contributed by atoms with Gasteiger partial charge in [0.25, 0.3) is 0 Å². The topological polar surface area (TPSA) is 67.8 Å². The maximum absolute atomic E-state index is 11.7. The maximum Gasteiger partial charge on any atom is 0.323 e. The lowest BCUT2D eigenvalue weighted by Gasteiger charge is -2.38. The van der Waals surface area contributed by atoms with Gasteiger partial charge in [0, 0.05) is 18.8 Å². The fourth-order valence-corrected chi connectivity index (χ4v) is 2.05. The van der Waals surface area contributed by atoms with Crippen LogP contribution in [0.5, 0.6) is 0 Å². The van der Waals surface area contributed by atoms with E-state index >= 15 is 0 Å². The molecule has 0 saturated carbocycles. The molecule has 1 aliphatic rings. The number of aliphatic hydroxyl groups is 1. The lowest BCUT2D eigenvalue weighted by atomic mass is 9.89. The third-order valence-electron chi connectivity index (χ3n) is 3.21. The first-order valence-corrected chi connectivity index (χ1v) is 6.30. The zero-order valence-electron chi connectivity index (χ0n) is 10.7. The van der Waals surface area contributed by atoms with Gasteiger partial charge in [-0.2, -0.15) is 0 Å². The van der Waals surface area contributed by atoms with Crippen molar-refractivity contribution in [1.29, 1.82) is 0 Å². The van der Waals surface area contributed by atoms with Crippen LogP contribution in [0.1, 0.15) is 33.1 Å². The van der Waals surface area contributed by atoms with E-state index in [4.69, 9.17) is 9.47 Å². The second kappa shape index (κ2) is 6.93. The van der Waals surface area contributed by atoms with Crippen LogP contribution in [0.4, 0.5) is 0 Å².